The first-order chi connectivity index (χ1) is 6.69. The Morgan fingerprint density at radius 2 is 2.43 bits per heavy atom. The van der Waals surface area contributed by atoms with E-state index in [9.17, 15) is 4.79 Å². The van der Waals surface area contributed by atoms with Crippen molar-refractivity contribution in [2.75, 3.05) is 6.61 Å². The lowest BCUT2D eigenvalue weighted by molar-refractivity contribution is 0.0995. The fourth-order valence-electron chi connectivity index (χ4n) is 1.05. The van der Waals surface area contributed by atoms with Crippen molar-refractivity contribution < 1.29 is 9.53 Å². The van der Waals surface area contributed by atoms with Gasteiger partial charge in [0.25, 0.3) is 5.91 Å². The van der Waals surface area contributed by atoms with Crippen molar-refractivity contribution in [1.29, 1.82) is 0 Å². The molecule has 1 aromatic heterocycles. The summed E-state index contributed by atoms with van der Waals surface area (Å²) in [5.41, 5.74) is 6.37. The van der Waals surface area contributed by atoms with Crippen molar-refractivity contribution in [1.82, 2.24) is 4.98 Å². The van der Waals surface area contributed by atoms with Gasteiger partial charge in [0.05, 0.1) is 6.61 Å². The Morgan fingerprint density at radius 1 is 1.71 bits per heavy atom. The van der Waals surface area contributed by atoms with Crippen molar-refractivity contribution in [2.45, 2.75) is 13.8 Å². The highest BCUT2D eigenvalue weighted by atomic mass is 16.5. The van der Waals surface area contributed by atoms with Crippen LogP contribution < -0.4 is 10.5 Å². The number of hydrogen-bond acceptors (Lipinski definition) is 3. The number of primary amides is 1. The Labute approximate surface area is 83.1 Å². The summed E-state index contributed by atoms with van der Waals surface area (Å²) in [7, 11) is 0. The molecule has 1 aromatic rings. The Hall–Kier alpha value is -1.58. The average molecular weight is 193 g/mol. The maximum Gasteiger partial charge on any atom is 0.254 e. The molecule has 4 heteroatoms. The minimum atomic E-state index is -0.523. The fourth-order valence-corrected chi connectivity index (χ4v) is 1.05. The van der Waals surface area contributed by atoms with E-state index in [2.05, 4.69) is 4.98 Å². The Kier molecular flexibility index (Phi) is 3.45. The van der Waals surface area contributed by atoms with Crippen LogP contribution in [0.25, 0.3) is 0 Å². The van der Waals surface area contributed by atoms with Crippen LogP contribution in [0.4, 0.5) is 0 Å². The van der Waals surface area contributed by atoms with Gasteiger partial charge in [0.15, 0.2) is 0 Å². The van der Waals surface area contributed by atoms with Crippen LogP contribution in [0, 0.1) is 6.42 Å². The highest BCUT2D eigenvalue weighted by Crippen LogP contribution is 2.16. The van der Waals surface area contributed by atoms with E-state index < -0.39 is 5.91 Å². The molecule has 1 amide bonds. The zero-order chi connectivity index (χ0) is 10.6. The smallest absolute Gasteiger partial charge is 0.254 e. The van der Waals surface area contributed by atoms with E-state index in [1.807, 2.05) is 20.3 Å². The van der Waals surface area contributed by atoms with Gasteiger partial charge in [-0.1, -0.05) is 6.92 Å². The van der Waals surface area contributed by atoms with E-state index in [0.29, 0.717) is 18.1 Å². The van der Waals surface area contributed by atoms with Gasteiger partial charge in [-0.2, -0.15) is 0 Å². The number of nitrogens with two attached hydrogens (primary N) is 1. The number of rotatable bonds is 4. The van der Waals surface area contributed by atoms with Gasteiger partial charge in [0.2, 0.25) is 5.88 Å². The number of aromatic nitrogens is 1. The van der Waals surface area contributed by atoms with E-state index in [1.165, 1.54) is 0 Å². The quantitative estimate of drug-likeness (QED) is 0.780. The molecule has 0 spiro atoms. The number of carbonyl (C=O) groups excluding carboxylic acids is 1. The summed E-state index contributed by atoms with van der Waals surface area (Å²) < 4.78 is 5.17. The highest BCUT2D eigenvalue weighted by molar-refractivity contribution is 5.95. The monoisotopic (exact) mass is 193 g/mol. The normalized spacial score (nSPS) is 9.86. The van der Waals surface area contributed by atoms with Crippen LogP contribution in [0.3, 0.4) is 0 Å². The second-order valence-electron chi connectivity index (χ2n) is 2.71. The predicted molar refractivity (Wildman–Crippen MR) is 53.0 cm³/mol. The molecule has 75 valence electrons. The molecule has 0 saturated heterocycles. The summed E-state index contributed by atoms with van der Waals surface area (Å²) >= 11 is 0. The van der Waals surface area contributed by atoms with Crippen LogP contribution >= 0.6 is 0 Å². The number of amides is 1. The maximum atomic E-state index is 11.1. The predicted octanol–water partition coefficient (Wildman–Crippen LogP) is 1.15. The van der Waals surface area contributed by atoms with Crippen molar-refractivity contribution in [3.63, 3.8) is 0 Å². The van der Waals surface area contributed by atoms with Crippen LogP contribution in [0.2, 0.25) is 0 Å². The fraction of sp³-hybridized carbons (Fsp3) is 0.300. The van der Waals surface area contributed by atoms with E-state index >= 15 is 0 Å². The molecular formula is C10H13N2O2. The molecule has 0 atom stereocenters. The highest BCUT2D eigenvalue weighted by Gasteiger charge is 2.11. The van der Waals surface area contributed by atoms with Gasteiger partial charge in [0, 0.05) is 6.20 Å². The van der Waals surface area contributed by atoms with E-state index in [0.717, 1.165) is 5.56 Å². The third kappa shape index (κ3) is 2.22. The lowest BCUT2D eigenvalue weighted by atomic mass is 10.1. The molecule has 0 aliphatic heterocycles. The van der Waals surface area contributed by atoms with Crippen molar-refractivity contribution in [2.24, 2.45) is 5.73 Å². The standard InChI is InChI=1S/C10H13N2O2/c1-3-7-5-8(9(11)13)10(12-6-7)14-4-2/h3,5-6H,4H2,1-2H3,(H2,11,13). The number of ether oxygens (including phenoxy) is 1. The summed E-state index contributed by atoms with van der Waals surface area (Å²) in [6.07, 6.45) is 3.48. The minimum Gasteiger partial charge on any atom is -0.477 e. The van der Waals surface area contributed by atoms with E-state index in [-0.39, 0.29) is 0 Å². The largest absolute Gasteiger partial charge is 0.477 e. The molecule has 1 heterocycles. The van der Waals surface area contributed by atoms with Crippen LogP contribution in [0.5, 0.6) is 5.88 Å². The molecule has 0 bridgehead atoms. The Bertz CT molecular complexity index is 337. The van der Waals surface area contributed by atoms with E-state index in [1.54, 1.807) is 12.3 Å². The van der Waals surface area contributed by atoms with Crippen LogP contribution in [0.15, 0.2) is 12.3 Å². The summed E-state index contributed by atoms with van der Waals surface area (Å²) in [4.78, 5) is 15.1. The van der Waals surface area contributed by atoms with Gasteiger partial charge < -0.3 is 10.5 Å². The summed E-state index contributed by atoms with van der Waals surface area (Å²) in [5, 5.41) is 0. The van der Waals surface area contributed by atoms with Gasteiger partial charge in [0.1, 0.15) is 5.56 Å². The van der Waals surface area contributed by atoms with Gasteiger partial charge in [-0.15, -0.1) is 0 Å². The Balaban J connectivity index is 3.10. The zero-order valence-corrected chi connectivity index (χ0v) is 8.28. The number of pyridine rings is 1. The van der Waals surface area contributed by atoms with Crippen molar-refractivity contribution in [3.8, 4) is 5.88 Å². The SMILES string of the molecule is C[CH]c1cnc(OCC)c(C(N)=O)c1. The first-order valence-corrected chi connectivity index (χ1v) is 4.41. The summed E-state index contributed by atoms with van der Waals surface area (Å²) in [6.45, 7) is 4.15. The topological polar surface area (TPSA) is 65.2 Å². The molecule has 1 radical (unpaired) electrons. The Morgan fingerprint density at radius 3 is 2.93 bits per heavy atom. The average Bonchev–Trinajstić information content (AvgIpc) is 2.18. The third-order valence-electron chi connectivity index (χ3n) is 1.75. The molecule has 0 unspecified atom stereocenters. The van der Waals surface area contributed by atoms with Gasteiger partial charge in [-0.3, -0.25) is 4.79 Å². The molecule has 0 fully saturated rings. The molecule has 2 N–H and O–H groups in total. The molecule has 1 rings (SSSR count). The van der Waals surface area contributed by atoms with E-state index in [4.69, 9.17) is 10.5 Å². The second-order valence-corrected chi connectivity index (χ2v) is 2.71. The third-order valence-corrected chi connectivity index (χ3v) is 1.75. The minimum absolute atomic E-state index is 0.297. The molecule has 0 aromatic carbocycles. The van der Waals surface area contributed by atoms with Crippen LogP contribution in [-0.2, 0) is 0 Å². The molecule has 14 heavy (non-hydrogen) atoms. The zero-order valence-electron chi connectivity index (χ0n) is 8.28. The number of hydrogen-bond donors (Lipinski definition) is 1. The molecule has 0 aliphatic carbocycles. The molecule has 0 aliphatic rings. The summed E-state index contributed by atoms with van der Waals surface area (Å²) in [5.74, 6) is -0.227. The van der Waals surface area contributed by atoms with Crippen molar-refractivity contribution in [3.05, 3.63) is 29.8 Å². The van der Waals surface area contributed by atoms with Crippen molar-refractivity contribution >= 4 is 5.91 Å². The summed E-state index contributed by atoms with van der Waals surface area (Å²) in [6, 6.07) is 1.67. The first-order valence-electron chi connectivity index (χ1n) is 4.41. The number of nitrogens with zero attached hydrogens (tertiary/aromatic N) is 1. The first kappa shape index (κ1) is 10.5. The van der Waals surface area contributed by atoms with Crippen LogP contribution in [-0.4, -0.2) is 17.5 Å². The number of carbonyl (C=O) groups is 1. The molecule has 4 nitrogen and oxygen atoms in total. The molecular weight excluding hydrogens is 180 g/mol. The lowest BCUT2D eigenvalue weighted by Crippen LogP contribution is -2.14. The lowest BCUT2D eigenvalue weighted by Gasteiger charge is -2.07. The molecule has 0 saturated carbocycles. The second kappa shape index (κ2) is 4.60. The van der Waals surface area contributed by atoms with Gasteiger partial charge >= 0.3 is 0 Å². The van der Waals surface area contributed by atoms with Crippen LogP contribution in [0.1, 0.15) is 29.8 Å². The van der Waals surface area contributed by atoms with Gasteiger partial charge in [-0.05, 0) is 25.0 Å². The van der Waals surface area contributed by atoms with Gasteiger partial charge in [-0.25, -0.2) is 4.98 Å². The maximum absolute atomic E-state index is 11.1.